The molecule has 1 N–H and O–H groups in total. The van der Waals surface area contributed by atoms with E-state index in [2.05, 4.69) is 17.1 Å². The number of unbranched alkanes of at least 4 members (excludes halogenated alkanes) is 2. The van der Waals surface area contributed by atoms with Gasteiger partial charge < -0.3 is 19.7 Å². The Kier molecular flexibility index (Phi) is 9.56. The lowest BCUT2D eigenvalue weighted by molar-refractivity contribution is 0.0476. The van der Waals surface area contributed by atoms with Gasteiger partial charge in [-0.3, -0.25) is 0 Å². The average molecular weight is 328 g/mol. The standard InChI is InChI=1S/C18H36N2O3/c1-5-6-7-14-22-15-8-11-20-12-9-16(10-13-20)19-17(21)23-18(2,3)4/h16H,5-15H2,1-4H3,(H,19,21). The fourth-order valence-electron chi connectivity index (χ4n) is 2.72. The molecule has 0 aliphatic carbocycles. The van der Waals surface area contributed by atoms with Crippen LogP contribution in [0.1, 0.15) is 66.2 Å². The van der Waals surface area contributed by atoms with Crippen molar-refractivity contribution in [2.75, 3.05) is 32.8 Å². The van der Waals surface area contributed by atoms with E-state index in [-0.39, 0.29) is 12.1 Å². The summed E-state index contributed by atoms with van der Waals surface area (Å²) in [6.45, 7) is 12.8. The van der Waals surface area contributed by atoms with Crippen molar-refractivity contribution in [1.82, 2.24) is 10.2 Å². The number of carbonyl (C=O) groups excluding carboxylic acids is 1. The minimum absolute atomic E-state index is 0.242. The first-order chi connectivity index (χ1) is 10.9. The monoisotopic (exact) mass is 328 g/mol. The number of nitrogens with zero attached hydrogens (tertiary/aromatic N) is 1. The molecule has 136 valence electrons. The third-order valence-electron chi connectivity index (χ3n) is 3.96. The molecule has 1 rings (SSSR count). The SMILES string of the molecule is CCCCCOCCCN1CCC(NC(=O)OC(C)(C)C)CC1. The Morgan fingerprint density at radius 2 is 1.78 bits per heavy atom. The van der Waals surface area contributed by atoms with Crippen LogP contribution >= 0.6 is 0 Å². The molecule has 0 aromatic carbocycles. The maximum atomic E-state index is 11.8. The summed E-state index contributed by atoms with van der Waals surface area (Å²) in [5, 5.41) is 2.98. The van der Waals surface area contributed by atoms with E-state index in [0.29, 0.717) is 0 Å². The molecule has 1 saturated heterocycles. The van der Waals surface area contributed by atoms with Crippen LogP contribution < -0.4 is 5.32 Å². The third kappa shape index (κ3) is 10.6. The van der Waals surface area contributed by atoms with Crippen LogP contribution in [0.4, 0.5) is 4.79 Å². The number of alkyl carbamates (subject to hydrolysis) is 1. The van der Waals surface area contributed by atoms with Gasteiger partial charge in [0.15, 0.2) is 0 Å². The maximum Gasteiger partial charge on any atom is 0.407 e. The number of rotatable bonds is 9. The Balaban J connectivity index is 2.03. The van der Waals surface area contributed by atoms with Gasteiger partial charge in [-0.05, 0) is 46.5 Å². The average Bonchev–Trinajstić information content (AvgIpc) is 2.46. The summed E-state index contributed by atoms with van der Waals surface area (Å²) in [6.07, 6.45) is 6.48. The Labute approximate surface area is 142 Å². The molecule has 0 aromatic rings. The van der Waals surface area contributed by atoms with Gasteiger partial charge in [-0.1, -0.05) is 19.8 Å². The van der Waals surface area contributed by atoms with E-state index in [0.717, 1.165) is 52.1 Å². The van der Waals surface area contributed by atoms with E-state index in [4.69, 9.17) is 9.47 Å². The van der Waals surface area contributed by atoms with Crippen molar-refractivity contribution in [3.05, 3.63) is 0 Å². The van der Waals surface area contributed by atoms with Crippen LogP contribution in [0.5, 0.6) is 0 Å². The molecule has 5 nitrogen and oxygen atoms in total. The van der Waals surface area contributed by atoms with Crippen LogP contribution in [-0.2, 0) is 9.47 Å². The van der Waals surface area contributed by atoms with Gasteiger partial charge in [0.25, 0.3) is 0 Å². The van der Waals surface area contributed by atoms with Gasteiger partial charge >= 0.3 is 6.09 Å². The van der Waals surface area contributed by atoms with Gasteiger partial charge in [0, 0.05) is 38.9 Å². The van der Waals surface area contributed by atoms with Gasteiger partial charge in [0.2, 0.25) is 0 Å². The molecule has 0 bridgehead atoms. The van der Waals surface area contributed by atoms with Crippen molar-refractivity contribution in [3.8, 4) is 0 Å². The minimum atomic E-state index is -0.429. The van der Waals surface area contributed by atoms with Crippen LogP contribution in [0.25, 0.3) is 0 Å². The topological polar surface area (TPSA) is 50.8 Å². The first kappa shape index (κ1) is 20.2. The number of piperidine rings is 1. The molecular formula is C18H36N2O3. The molecule has 23 heavy (non-hydrogen) atoms. The molecule has 0 unspecified atom stereocenters. The second kappa shape index (κ2) is 10.9. The van der Waals surface area contributed by atoms with E-state index < -0.39 is 5.60 Å². The zero-order valence-corrected chi connectivity index (χ0v) is 15.5. The summed E-state index contributed by atoms with van der Waals surface area (Å²) in [5.41, 5.74) is -0.429. The van der Waals surface area contributed by atoms with Gasteiger partial charge in [0.1, 0.15) is 5.60 Å². The zero-order chi connectivity index (χ0) is 17.1. The Hall–Kier alpha value is -0.810. The van der Waals surface area contributed by atoms with Crippen molar-refractivity contribution < 1.29 is 14.3 Å². The number of hydrogen-bond donors (Lipinski definition) is 1. The smallest absolute Gasteiger partial charge is 0.407 e. The van der Waals surface area contributed by atoms with Crippen molar-refractivity contribution in [3.63, 3.8) is 0 Å². The molecule has 0 atom stereocenters. The van der Waals surface area contributed by atoms with Crippen LogP contribution in [0, 0.1) is 0 Å². The van der Waals surface area contributed by atoms with Crippen LogP contribution in [0.2, 0.25) is 0 Å². The molecule has 5 heteroatoms. The number of nitrogens with one attached hydrogen (secondary N) is 1. The Morgan fingerprint density at radius 3 is 2.39 bits per heavy atom. The number of carbonyl (C=O) groups is 1. The fraction of sp³-hybridized carbons (Fsp3) is 0.944. The van der Waals surface area contributed by atoms with Crippen LogP contribution in [0.3, 0.4) is 0 Å². The van der Waals surface area contributed by atoms with Crippen LogP contribution in [-0.4, -0.2) is 55.5 Å². The summed E-state index contributed by atoms with van der Waals surface area (Å²) in [7, 11) is 0. The highest BCUT2D eigenvalue weighted by atomic mass is 16.6. The first-order valence-electron chi connectivity index (χ1n) is 9.20. The number of ether oxygens (including phenoxy) is 2. The molecule has 0 saturated carbocycles. The molecule has 1 heterocycles. The molecule has 1 fully saturated rings. The molecule has 1 amide bonds. The summed E-state index contributed by atoms with van der Waals surface area (Å²) >= 11 is 0. The fourth-order valence-corrected chi connectivity index (χ4v) is 2.72. The second-order valence-electron chi connectivity index (χ2n) is 7.44. The first-order valence-corrected chi connectivity index (χ1v) is 9.20. The summed E-state index contributed by atoms with van der Waals surface area (Å²) in [4.78, 5) is 14.2. The van der Waals surface area contributed by atoms with E-state index in [1.807, 2.05) is 20.8 Å². The number of amides is 1. The van der Waals surface area contributed by atoms with Gasteiger partial charge in [-0.2, -0.15) is 0 Å². The Morgan fingerprint density at radius 1 is 1.13 bits per heavy atom. The summed E-state index contributed by atoms with van der Waals surface area (Å²) < 4.78 is 11.0. The number of likely N-dealkylation sites (tertiary alicyclic amines) is 1. The predicted octanol–water partition coefficient (Wildman–Crippen LogP) is 3.57. The lowest BCUT2D eigenvalue weighted by Gasteiger charge is -2.32. The summed E-state index contributed by atoms with van der Waals surface area (Å²) in [6, 6.07) is 0.242. The molecule has 0 aromatic heterocycles. The molecular weight excluding hydrogens is 292 g/mol. The highest BCUT2D eigenvalue weighted by Crippen LogP contribution is 2.12. The van der Waals surface area contributed by atoms with Crippen molar-refractivity contribution in [2.45, 2.75) is 77.9 Å². The second-order valence-corrected chi connectivity index (χ2v) is 7.44. The lowest BCUT2D eigenvalue weighted by atomic mass is 10.1. The molecule has 0 spiro atoms. The Bertz CT molecular complexity index is 321. The molecule has 1 aliphatic heterocycles. The van der Waals surface area contributed by atoms with Crippen molar-refractivity contribution >= 4 is 6.09 Å². The third-order valence-corrected chi connectivity index (χ3v) is 3.96. The zero-order valence-electron chi connectivity index (χ0n) is 15.5. The van der Waals surface area contributed by atoms with Gasteiger partial charge in [0.05, 0.1) is 0 Å². The van der Waals surface area contributed by atoms with E-state index >= 15 is 0 Å². The van der Waals surface area contributed by atoms with E-state index in [1.165, 1.54) is 19.3 Å². The largest absolute Gasteiger partial charge is 0.444 e. The normalized spacial score (nSPS) is 17.2. The van der Waals surface area contributed by atoms with Gasteiger partial charge in [-0.25, -0.2) is 4.79 Å². The van der Waals surface area contributed by atoms with E-state index in [9.17, 15) is 4.79 Å². The quantitative estimate of drug-likeness (QED) is 0.657. The summed E-state index contributed by atoms with van der Waals surface area (Å²) in [5.74, 6) is 0. The number of hydrogen-bond acceptors (Lipinski definition) is 4. The van der Waals surface area contributed by atoms with Crippen LogP contribution in [0.15, 0.2) is 0 Å². The van der Waals surface area contributed by atoms with Crippen molar-refractivity contribution in [2.24, 2.45) is 0 Å². The maximum absolute atomic E-state index is 11.8. The minimum Gasteiger partial charge on any atom is -0.444 e. The highest BCUT2D eigenvalue weighted by molar-refractivity contribution is 5.68. The molecule has 1 aliphatic rings. The molecule has 0 radical (unpaired) electrons. The van der Waals surface area contributed by atoms with Gasteiger partial charge in [-0.15, -0.1) is 0 Å². The lowest BCUT2D eigenvalue weighted by Crippen LogP contribution is -2.46. The van der Waals surface area contributed by atoms with Crippen molar-refractivity contribution in [1.29, 1.82) is 0 Å². The van der Waals surface area contributed by atoms with E-state index in [1.54, 1.807) is 0 Å². The highest BCUT2D eigenvalue weighted by Gasteiger charge is 2.23. The predicted molar refractivity (Wildman–Crippen MR) is 93.8 cm³/mol.